The molecule has 0 aliphatic heterocycles. The number of nitrogens with one attached hydrogen (secondary N) is 2. The second-order valence-electron chi connectivity index (χ2n) is 10.9. The Morgan fingerprint density at radius 1 is 0.578 bits per heavy atom. The van der Waals surface area contributed by atoms with Crippen LogP contribution in [0.25, 0.3) is 0 Å². The third-order valence-electron chi connectivity index (χ3n) is 8.29. The van der Waals surface area contributed by atoms with E-state index < -0.39 is 39.9 Å². The third kappa shape index (κ3) is 5.93. The second kappa shape index (κ2) is 13.4. The van der Waals surface area contributed by atoms with Crippen molar-refractivity contribution in [1.82, 2.24) is 0 Å². The van der Waals surface area contributed by atoms with E-state index in [-0.39, 0.29) is 32.2 Å². The SMILES string of the molecule is Fc1ccc(NCc2ccccc2Cl)c(F)[c]1[Ti]([C]1=CC=CC1)([C]1=CC=CC1)[c]1c(F)ccc(NCc2ccccc2Cl)c1F. The Balaban J connectivity index is 1.54. The summed E-state index contributed by atoms with van der Waals surface area (Å²) in [7, 11) is 0. The molecule has 0 atom stereocenters. The molecule has 0 spiro atoms. The van der Waals surface area contributed by atoms with Gasteiger partial charge in [-0.15, -0.1) is 0 Å². The molecule has 0 radical (unpaired) electrons. The first-order valence-electron chi connectivity index (χ1n) is 14.5. The Labute approximate surface area is 273 Å². The van der Waals surface area contributed by atoms with Crippen LogP contribution in [0.15, 0.2) is 117 Å². The molecule has 2 aliphatic rings. The van der Waals surface area contributed by atoms with Crippen LogP contribution in [-0.2, 0) is 29.7 Å². The quantitative estimate of drug-likeness (QED) is 0.129. The van der Waals surface area contributed by atoms with Crippen molar-refractivity contribution in [2.45, 2.75) is 25.9 Å². The van der Waals surface area contributed by atoms with Gasteiger partial charge in [-0.3, -0.25) is 0 Å². The van der Waals surface area contributed by atoms with Gasteiger partial charge in [0.2, 0.25) is 0 Å². The number of benzene rings is 4. The number of halogens is 6. The van der Waals surface area contributed by atoms with Gasteiger partial charge in [0.25, 0.3) is 0 Å². The molecule has 0 saturated carbocycles. The van der Waals surface area contributed by atoms with Gasteiger partial charge in [-0.05, 0) is 0 Å². The molecule has 0 fully saturated rings. The van der Waals surface area contributed by atoms with E-state index in [0.717, 1.165) is 11.1 Å². The maximum atomic E-state index is 16.9. The molecule has 0 heterocycles. The summed E-state index contributed by atoms with van der Waals surface area (Å²) in [6.45, 7) is 0.334. The molecule has 2 aliphatic carbocycles. The van der Waals surface area contributed by atoms with E-state index in [0.29, 0.717) is 30.6 Å². The molecule has 228 valence electrons. The number of allylic oxidation sites excluding steroid dienone is 8. The van der Waals surface area contributed by atoms with Gasteiger partial charge >= 0.3 is 274 Å². The van der Waals surface area contributed by atoms with Gasteiger partial charge in [-0.25, -0.2) is 0 Å². The summed E-state index contributed by atoms with van der Waals surface area (Å²) >= 11 is 7.67. The van der Waals surface area contributed by atoms with E-state index in [1.54, 1.807) is 60.7 Å². The molecule has 0 amide bonds. The molecule has 0 aromatic heterocycles. The molecule has 9 heteroatoms. The Hall–Kier alpha value is -3.55. The van der Waals surface area contributed by atoms with Crippen LogP contribution < -0.4 is 18.4 Å². The number of anilines is 2. The summed E-state index contributed by atoms with van der Waals surface area (Å²) in [5.41, 5.74) is 1.48. The fourth-order valence-electron chi connectivity index (χ4n) is 6.15. The summed E-state index contributed by atoms with van der Waals surface area (Å²) in [6, 6.07) is 19.2. The predicted molar refractivity (Wildman–Crippen MR) is 173 cm³/mol. The average molecular weight is 683 g/mol. The van der Waals surface area contributed by atoms with Crippen molar-refractivity contribution >= 4 is 42.3 Å². The van der Waals surface area contributed by atoms with Crippen molar-refractivity contribution in [2.75, 3.05) is 10.6 Å². The van der Waals surface area contributed by atoms with Crippen LogP contribution in [0.3, 0.4) is 0 Å². The summed E-state index contributed by atoms with van der Waals surface area (Å²) in [6.07, 6.45) is 11.4. The van der Waals surface area contributed by atoms with Crippen LogP contribution in [0.5, 0.6) is 0 Å². The second-order valence-corrected chi connectivity index (χ2v) is 17.6. The van der Waals surface area contributed by atoms with Crippen molar-refractivity contribution in [1.29, 1.82) is 0 Å². The van der Waals surface area contributed by atoms with Crippen LogP contribution in [0.1, 0.15) is 24.0 Å². The van der Waals surface area contributed by atoms with Crippen LogP contribution in [0, 0.1) is 23.3 Å². The van der Waals surface area contributed by atoms with E-state index in [1.165, 1.54) is 24.3 Å². The van der Waals surface area contributed by atoms with Crippen LogP contribution in [0.2, 0.25) is 10.0 Å². The van der Waals surface area contributed by atoms with E-state index in [4.69, 9.17) is 23.2 Å². The minimum absolute atomic E-state index is 0.0215. The van der Waals surface area contributed by atoms with Crippen molar-refractivity contribution in [2.24, 2.45) is 0 Å². The van der Waals surface area contributed by atoms with Gasteiger partial charge in [0.1, 0.15) is 0 Å². The van der Waals surface area contributed by atoms with Gasteiger partial charge in [0.05, 0.1) is 0 Å². The molecule has 0 saturated heterocycles. The molecule has 0 unspecified atom stereocenters. The maximum absolute atomic E-state index is 16.9. The third-order valence-corrected chi connectivity index (χ3v) is 17.0. The minimum atomic E-state index is -4.98. The zero-order valence-corrected chi connectivity index (χ0v) is 27.1. The van der Waals surface area contributed by atoms with Gasteiger partial charge in [-0.1, -0.05) is 0 Å². The van der Waals surface area contributed by atoms with E-state index in [1.807, 2.05) is 24.3 Å². The van der Waals surface area contributed by atoms with E-state index in [9.17, 15) is 0 Å². The molecule has 4 aromatic rings. The monoisotopic (exact) mass is 682 g/mol. The fraction of sp³-hybridized carbons (Fsp3) is 0.111. The molecular weight excluding hydrogens is 655 g/mol. The Morgan fingerprint density at radius 2 is 1.00 bits per heavy atom. The summed E-state index contributed by atoms with van der Waals surface area (Å²) in [4.78, 5) is 0. The molecular formula is C36H28Cl2F4N2Ti. The molecule has 45 heavy (non-hydrogen) atoms. The molecule has 0 bridgehead atoms. The Kier molecular flexibility index (Phi) is 9.39. The van der Waals surface area contributed by atoms with Crippen molar-refractivity contribution in [3.8, 4) is 0 Å². The van der Waals surface area contributed by atoms with Gasteiger partial charge in [-0.2, -0.15) is 0 Å². The predicted octanol–water partition coefficient (Wildman–Crippen LogP) is 9.57. The van der Waals surface area contributed by atoms with Crippen LogP contribution >= 0.6 is 23.2 Å². The standard InChI is InChI=1S/2C13H9ClF2N.2C5H5.Ti/c2*14-11-4-2-1-3-9(11)8-17-13-6-5-10(15)7-12(13)16;2*1-2-4-5-3-1;/h2*1-6,17H,8H2;2*1-3H,4H2;. The molecule has 2 nitrogen and oxygen atoms in total. The first-order valence-corrected chi connectivity index (χ1v) is 18.3. The first-order chi connectivity index (χ1) is 21.8. The molecule has 6 rings (SSSR count). The zero-order valence-electron chi connectivity index (χ0n) is 24.0. The van der Waals surface area contributed by atoms with Crippen molar-refractivity contribution in [3.63, 3.8) is 0 Å². The fourth-order valence-corrected chi connectivity index (χ4v) is 14.8. The summed E-state index contributed by atoms with van der Waals surface area (Å²) in [5, 5.41) is 7.09. The van der Waals surface area contributed by atoms with Crippen LogP contribution in [0.4, 0.5) is 28.9 Å². The Bertz CT molecular complexity index is 1760. The summed E-state index contributed by atoms with van der Waals surface area (Å²) < 4.78 is 67.2. The van der Waals surface area contributed by atoms with Gasteiger partial charge in [0, 0.05) is 0 Å². The average Bonchev–Trinajstić information content (AvgIpc) is 3.77. The van der Waals surface area contributed by atoms with Crippen molar-refractivity contribution < 1.29 is 34.2 Å². The Morgan fingerprint density at radius 3 is 1.38 bits per heavy atom. The van der Waals surface area contributed by atoms with E-state index >= 15 is 17.6 Å². The summed E-state index contributed by atoms with van der Waals surface area (Å²) in [5.74, 6) is -3.42. The number of hydrogen-bond acceptors (Lipinski definition) is 2. The van der Waals surface area contributed by atoms with E-state index in [2.05, 4.69) is 10.6 Å². The van der Waals surface area contributed by atoms with Gasteiger partial charge < -0.3 is 0 Å². The zero-order chi connectivity index (χ0) is 31.6. The topological polar surface area (TPSA) is 24.1 Å². The molecule has 4 aromatic carbocycles. The van der Waals surface area contributed by atoms with Crippen molar-refractivity contribution in [3.05, 3.63) is 161 Å². The van der Waals surface area contributed by atoms with Gasteiger partial charge in [0.15, 0.2) is 0 Å². The van der Waals surface area contributed by atoms with Crippen LogP contribution in [-0.4, -0.2) is 0 Å². The normalized spacial score (nSPS) is 14.1. The first kappa shape index (κ1) is 31.4. The molecule has 2 N–H and O–H groups in total. The number of hydrogen-bond donors (Lipinski definition) is 2. The number of rotatable bonds is 10.